The van der Waals surface area contributed by atoms with Crippen molar-refractivity contribution in [3.05, 3.63) is 52.5 Å². The lowest BCUT2D eigenvalue weighted by Gasteiger charge is -2.31. The topological polar surface area (TPSA) is 49.3 Å². The molecule has 3 rings (SSSR count). The van der Waals surface area contributed by atoms with Gasteiger partial charge in [0.15, 0.2) is 0 Å². The minimum absolute atomic E-state index is 0.0912. The lowest BCUT2D eigenvalue weighted by atomic mass is 10.0. The third-order valence-electron chi connectivity index (χ3n) is 5.38. The Kier molecular flexibility index (Phi) is 6.65. The number of aromatic nitrogens is 2. The highest BCUT2D eigenvalue weighted by Crippen LogP contribution is 2.26. The zero-order chi connectivity index (χ0) is 20.1. The zero-order valence-corrected chi connectivity index (χ0v) is 17.7. The van der Waals surface area contributed by atoms with Crippen LogP contribution >= 0.6 is 0 Å². The van der Waals surface area contributed by atoms with Crippen molar-refractivity contribution in [2.75, 3.05) is 25.5 Å². The van der Waals surface area contributed by atoms with Crippen molar-refractivity contribution >= 4 is 11.7 Å². The molecule has 0 fully saturated rings. The molecule has 5 nitrogen and oxygen atoms in total. The van der Waals surface area contributed by atoms with Gasteiger partial charge in [-0.2, -0.15) is 0 Å². The molecule has 1 aromatic heterocycles. The van der Waals surface area contributed by atoms with Crippen molar-refractivity contribution in [1.29, 1.82) is 0 Å². The van der Waals surface area contributed by atoms with Crippen LogP contribution in [0.15, 0.2) is 24.3 Å². The molecule has 0 spiro atoms. The van der Waals surface area contributed by atoms with E-state index in [0.717, 1.165) is 41.3 Å². The average molecular weight is 381 g/mol. The molecule has 0 aliphatic carbocycles. The third-order valence-corrected chi connectivity index (χ3v) is 5.38. The smallest absolute Gasteiger partial charge is 0.254 e. The van der Waals surface area contributed by atoms with E-state index in [1.807, 2.05) is 43.0 Å². The van der Waals surface area contributed by atoms with Gasteiger partial charge in [0, 0.05) is 38.2 Å². The Hall–Kier alpha value is -2.43. The molecule has 0 unspecified atom stereocenters. The van der Waals surface area contributed by atoms with E-state index in [1.54, 1.807) is 0 Å². The Balaban J connectivity index is 1.69. The number of rotatable bonds is 7. The summed E-state index contributed by atoms with van der Waals surface area (Å²) in [6.07, 6.45) is 6.92. The average Bonchev–Trinajstić information content (AvgIpc) is 2.70. The largest absolute Gasteiger partial charge is 0.362 e. The van der Waals surface area contributed by atoms with Gasteiger partial charge < -0.3 is 9.80 Å². The van der Waals surface area contributed by atoms with Gasteiger partial charge in [-0.1, -0.05) is 38.3 Å². The summed E-state index contributed by atoms with van der Waals surface area (Å²) in [4.78, 5) is 26.2. The van der Waals surface area contributed by atoms with Gasteiger partial charge in [0.2, 0.25) is 0 Å². The van der Waals surface area contributed by atoms with Gasteiger partial charge in [0.1, 0.15) is 11.6 Å². The van der Waals surface area contributed by atoms with Crippen molar-refractivity contribution in [3.63, 3.8) is 0 Å². The summed E-state index contributed by atoms with van der Waals surface area (Å²) in [5, 5.41) is 0. The van der Waals surface area contributed by atoms with Crippen LogP contribution < -0.4 is 4.90 Å². The highest BCUT2D eigenvalue weighted by atomic mass is 16.2. The number of anilines is 1. The molecule has 2 aromatic rings. The molecule has 0 N–H and O–H groups in total. The van der Waals surface area contributed by atoms with Crippen LogP contribution in [0.5, 0.6) is 0 Å². The van der Waals surface area contributed by atoms with Crippen LogP contribution in [-0.2, 0) is 19.4 Å². The summed E-state index contributed by atoms with van der Waals surface area (Å²) in [5.41, 5.74) is 4.22. The van der Waals surface area contributed by atoms with Crippen molar-refractivity contribution in [3.8, 4) is 0 Å². The number of amides is 1. The second-order valence-electron chi connectivity index (χ2n) is 7.90. The number of aryl methyl sites for hydroxylation is 2. The molecule has 0 saturated heterocycles. The summed E-state index contributed by atoms with van der Waals surface area (Å²) in [6.45, 7) is 5.43. The molecule has 28 heavy (non-hydrogen) atoms. The molecule has 1 amide bonds. The van der Waals surface area contributed by atoms with E-state index in [-0.39, 0.29) is 5.91 Å². The maximum absolute atomic E-state index is 13.0. The molecule has 5 heteroatoms. The first-order valence-corrected chi connectivity index (χ1v) is 10.4. The van der Waals surface area contributed by atoms with Crippen molar-refractivity contribution in [2.24, 2.45) is 0 Å². The minimum Gasteiger partial charge on any atom is -0.362 e. The quantitative estimate of drug-likeness (QED) is 0.677. The maximum atomic E-state index is 13.0. The van der Waals surface area contributed by atoms with Crippen molar-refractivity contribution in [1.82, 2.24) is 14.9 Å². The summed E-state index contributed by atoms with van der Waals surface area (Å²) < 4.78 is 0. The van der Waals surface area contributed by atoms with Gasteiger partial charge in [-0.3, -0.25) is 4.79 Å². The molecule has 0 saturated carbocycles. The molecular weight excluding hydrogens is 348 g/mol. The lowest BCUT2D eigenvalue weighted by Crippen LogP contribution is -2.37. The highest BCUT2D eigenvalue weighted by Gasteiger charge is 2.26. The second-order valence-corrected chi connectivity index (χ2v) is 7.90. The maximum Gasteiger partial charge on any atom is 0.254 e. The van der Waals surface area contributed by atoms with E-state index in [0.29, 0.717) is 13.1 Å². The number of hydrogen-bond donors (Lipinski definition) is 0. The Morgan fingerprint density at radius 2 is 1.86 bits per heavy atom. The van der Waals surface area contributed by atoms with Crippen LogP contribution in [0.25, 0.3) is 0 Å². The predicted octanol–water partition coefficient (Wildman–Crippen LogP) is 4.17. The lowest BCUT2D eigenvalue weighted by molar-refractivity contribution is 0.0733. The number of carbonyl (C=O) groups excluding carboxylic acids is 1. The van der Waals surface area contributed by atoms with E-state index in [9.17, 15) is 4.79 Å². The Morgan fingerprint density at radius 1 is 1.11 bits per heavy atom. The molecule has 2 heterocycles. The van der Waals surface area contributed by atoms with E-state index in [4.69, 9.17) is 0 Å². The first-order chi connectivity index (χ1) is 13.5. The van der Waals surface area contributed by atoms with Crippen molar-refractivity contribution in [2.45, 2.75) is 58.9 Å². The fourth-order valence-corrected chi connectivity index (χ4v) is 3.81. The molecule has 0 atom stereocenters. The Morgan fingerprint density at radius 3 is 2.54 bits per heavy atom. The van der Waals surface area contributed by atoms with Gasteiger partial charge in [-0.05, 0) is 37.5 Å². The molecule has 0 bridgehead atoms. The summed E-state index contributed by atoms with van der Waals surface area (Å²) in [7, 11) is 3.98. The summed E-state index contributed by atoms with van der Waals surface area (Å²) >= 11 is 0. The third kappa shape index (κ3) is 4.70. The van der Waals surface area contributed by atoms with E-state index < -0.39 is 0 Å². The van der Waals surface area contributed by atoms with Gasteiger partial charge in [0.25, 0.3) is 5.91 Å². The van der Waals surface area contributed by atoms with E-state index >= 15 is 0 Å². The SMILES string of the molecule is CCCCCCc1ccc(C(=O)N2CCc3nc(C)nc(N(C)C)c3C2)cc1. The van der Waals surface area contributed by atoms with Crippen LogP contribution in [0.4, 0.5) is 5.82 Å². The number of hydrogen-bond acceptors (Lipinski definition) is 4. The highest BCUT2D eigenvalue weighted by molar-refractivity contribution is 5.94. The molecular formula is C23H32N4O. The van der Waals surface area contributed by atoms with Gasteiger partial charge in [0.05, 0.1) is 12.2 Å². The van der Waals surface area contributed by atoms with Gasteiger partial charge >= 0.3 is 0 Å². The number of fused-ring (bicyclic) bond motifs is 1. The molecule has 1 aromatic carbocycles. The van der Waals surface area contributed by atoms with E-state index in [1.165, 1.54) is 31.2 Å². The normalized spacial score (nSPS) is 13.4. The molecule has 1 aliphatic heterocycles. The first-order valence-electron chi connectivity index (χ1n) is 10.4. The van der Waals surface area contributed by atoms with Gasteiger partial charge in [-0.15, -0.1) is 0 Å². The molecule has 1 aliphatic rings. The van der Waals surface area contributed by atoms with Crippen LogP contribution in [0.1, 0.15) is 65.6 Å². The number of carbonyl (C=O) groups is 1. The summed E-state index contributed by atoms with van der Waals surface area (Å²) in [5.74, 6) is 1.80. The summed E-state index contributed by atoms with van der Waals surface area (Å²) in [6, 6.07) is 8.17. The molecule has 0 radical (unpaired) electrons. The monoisotopic (exact) mass is 380 g/mol. The van der Waals surface area contributed by atoms with E-state index in [2.05, 4.69) is 29.0 Å². The second kappa shape index (κ2) is 9.18. The standard InChI is InChI=1S/C23H32N4O/c1-5-6-7-8-9-18-10-12-19(13-11-18)23(28)27-15-14-21-20(16-27)22(26(3)4)25-17(2)24-21/h10-13H,5-9,14-16H2,1-4H3. The Bertz CT molecular complexity index is 814. The van der Waals surface area contributed by atoms with Crippen molar-refractivity contribution < 1.29 is 4.79 Å². The molecule has 150 valence electrons. The fourth-order valence-electron chi connectivity index (χ4n) is 3.81. The van der Waals surface area contributed by atoms with Crippen LogP contribution in [0.3, 0.4) is 0 Å². The van der Waals surface area contributed by atoms with Crippen LogP contribution in [0, 0.1) is 6.92 Å². The number of nitrogens with zero attached hydrogens (tertiary/aromatic N) is 4. The Labute approximate surface area is 168 Å². The van der Waals surface area contributed by atoms with Crippen LogP contribution in [0.2, 0.25) is 0 Å². The van der Waals surface area contributed by atoms with Gasteiger partial charge in [-0.25, -0.2) is 9.97 Å². The number of benzene rings is 1. The zero-order valence-electron chi connectivity index (χ0n) is 17.7. The minimum atomic E-state index is 0.0912. The predicted molar refractivity (Wildman–Crippen MR) is 114 cm³/mol. The number of unbranched alkanes of at least 4 members (excludes halogenated alkanes) is 3. The first kappa shape index (κ1) is 20.3. The fraction of sp³-hybridized carbons (Fsp3) is 0.522. The van der Waals surface area contributed by atoms with Crippen LogP contribution in [-0.4, -0.2) is 41.4 Å².